The third kappa shape index (κ3) is 3.12. The molecular formula is C13H18N6O. The van der Waals surface area contributed by atoms with Gasteiger partial charge >= 0.3 is 0 Å². The summed E-state index contributed by atoms with van der Waals surface area (Å²) in [5.74, 6) is 5.56. The Balaban J connectivity index is 2.00. The van der Waals surface area contributed by atoms with E-state index in [4.69, 9.17) is 5.84 Å². The number of hydrogen-bond donors (Lipinski definition) is 3. The number of nitrogens with zero attached hydrogens (tertiary/aromatic N) is 3. The number of aromatic nitrogens is 3. The Morgan fingerprint density at radius 2 is 2.25 bits per heavy atom. The van der Waals surface area contributed by atoms with Gasteiger partial charge in [-0.3, -0.25) is 9.48 Å². The van der Waals surface area contributed by atoms with Crippen LogP contribution < -0.4 is 16.6 Å². The topological polar surface area (TPSA) is 97.9 Å². The van der Waals surface area contributed by atoms with Gasteiger partial charge in [-0.05, 0) is 18.6 Å². The number of aryl methyl sites for hydroxylation is 2. The van der Waals surface area contributed by atoms with Crippen molar-refractivity contribution in [3.63, 3.8) is 0 Å². The molecule has 0 fully saturated rings. The van der Waals surface area contributed by atoms with Crippen molar-refractivity contribution in [2.24, 2.45) is 12.9 Å². The van der Waals surface area contributed by atoms with Crippen LogP contribution in [-0.4, -0.2) is 20.7 Å². The molecule has 7 nitrogen and oxygen atoms in total. The average molecular weight is 274 g/mol. The minimum absolute atomic E-state index is 0.174. The number of nitrogen functional groups attached to an aromatic ring is 1. The van der Waals surface area contributed by atoms with Crippen molar-refractivity contribution in [3.8, 4) is 0 Å². The molecule has 0 saturated carbocycles. The normalized spacial score (nSPS) is 10.3. The highest BCUT2D eigenvalue weighted by atomic mass is 16.1. The fourth-order valence-corrected chi connectivity index (χ4v) is 1.92. The molecule has 7 heteroatoms. The van der Waals surface area contributed by atoms with E-state index in [1.54, 1.807) is 16.8 Å². The number of nitrogens with two attached hydrogens (primary N) is 1. The molecule has 0 saturated heterocycles. The second-order valence-corrected chi connectivity index (χ2v) is 4.39. The maximum absolute atomic E-state index is 12.0. The molecule has 106 valence electrons. The first-order chi connectivity index (χ1) is 9.63. The van der Waals surface area contributed by atoms with E-state index >= 15 is 0 Å². The number of carbonyl (C=O) groups excluding carboxylic acids is 1. The quantitative estimate of drug-likeness (QED) is 0.547. The van der Waals surface area contributed by atoms with Gasteiger partial charge in [-0.2, -0.15) is 5.10 Å². The molecule has 2 heterocycles. The Labute approximate surface area is 117 Å². The molecule has 0 aromatic carbocycles. The van der Waals surface area contributed by atoms with E-state index in [1.165, 1.54) is 6.20 Å². The van der Waals surface area contributed by atoms with Crippen LogP contribution >= 0.6 is 0 Å². The standard InChI is InChI=1S/C13H18N6O/c1-3-11-10(8-19(2)18-11)7-16-13(20)9-4-5-12(17-14)15-6-9/h4-6,8H,3,7,14H2,1-2H3,(H,15,17)(H,16,20). The Morgan fingerprint density at radius 1 is 1.45 bits per heavy atom. The Hall–Kier alpha value is -2.41. The predicted molar refractivity (Wildman–Crippen MR) is 75.8 cm³/mol. The van der Waals surface area contributed by atoms with Gasteiger partial charge < -0.3 is 10.7 Å². The lowest BCUT2D eigenvalue weighted by atomic mass is 10.2. The number of nitrogens with one attached hydrogen (secondary N) is 2. The minimum atomic E-state index is -0.174. The maximum atomic E-state index is 12.0. The molecule has 0 bridgehead atoms. The monoisotopic (exact) mass is 274 g/mol. The number of rotatable bonds is 5. The summed E-state index contributed by atoms with van der Waals surface area (Å²) in [4.78, 5) is 16.0. The molecule has 0 radical (unpaired) electrons. The van der Waals surface area contributed by atoms with Gasteiger partial charge in [0.25, 0.3) is 5.91 Å². The molecule has 0 spiro atoms. The van der Waals surface area contributed by atoms with Crippen molar-refractivity contribution in [1.29, 1.82) is 0 Å². The van der Waals surface area contributed by atoms with E-state index in [0.717, 1.165) is 17.7 Å². The van der Waals surface area contributed by atoms with Crippen LogP contribution in [0, 0.1) is 0 Å². The summed E-state index contributed by atoms with van der Waals surface area (Å²) in [5, 5.41) is 7.19. The van der Waals surface area contributed by atoms with Gasteiger partial charge in [-0.25, -0.2) is 10.8 Å². The number of pyridine rings is 1. The predicted octanol–water partition coefficient (Wildman–Crippen LogP) is 0.593. The summed E-state index contributed by atoms with van der Waals surface area (Å²) in [6.07, 6.45) is 4.23. The largest absolute Gasteiger partial charge is 0.348 e. The average Bonchev–Trinajstić information content (AvgIpc) is 2.85. The van der Waals surface area contributed by atoms with E-state index in [-0.39, 0.29) is 5.91 Å². The van der Waals surface area contributed by atoms with E-state index in [0.29, 0.717) is 17.9 Å². The van der Waals surface area contributed by atoms with Crippen molar-refractivity contribution < 1.29 is 4.79 Å². The van der Waals surface area contributed by atoms with Gasteiger partial charge in [-0.15, -0.1) is 0 Å². The summed E-state index contributed by atoms with van der Waals surface area (Å²) >= 11 is 0. The van der Waals surface area contributed by atoms with Crippen molar-refractivity contribution in [3.05, 3.63) is 41.3 Å². The minimum Gasteiger partial charge on any atom is -0.348 e. The molecule has 2 aromatic rings. The lowest BCUT2D eigenvalue weighted by molar-refractivity contribution is 0.0950. The number of amides is 1. The second-order valence-electron chi connectivity index (χ2n) is 4.39. The Kier molecular flexibility index (Phi) is 4.31. The smallest absolute Gasteiger partial charge is 0.253 e. The Morgan fingerprint density at radius 3 is 2.85 bits per heavy atom. The summed E-state index contributed by atoms with van der Waals surface area (Å²) in [5.41, 5.74) is 4.93. The number of anilines is 1. The molecule has 0 unspecified atom stereocenters. The molecule has 0 aliphatic rings. The molecule has 20 heavy (non-hydrogen) atoms. The van der Waals surface area contributed by atoms with Crippen LogP contribution in [0.25, 0.3) is 0 Å². The van der Waals surface area contributed by atoms with Crippen LogP contribution in [-0.2, 0) is 20.0 Å². The zero-order valence-electron chi connectivity index (χ0n) is 11.6. The molecule has 2 rings (SSSR count). The van der Waals surface area contributed by atoms with Gasteiger partial charge in [-0.1, -0.05) is 6.92 Å². The highest BCUT2D eigenvalue weighted by molar-refractivity contribution is 5.93. The van der Waals surface area contributed by atoms with Crippen LogP contribution in [0.15, 0.2) is 24.5 Å². The lowest BCUT2D eigenvalue weighted by Crippen LogP contribution is -2.23. The summed E-state index contributed by atoms with van der Waals surface area (Å²) < 4.78 is 1.75. The van der Waals surface area contributed by atoms with Gasteiger partial charge in [0.1, 0.15) is 5.82 Å². The molecule has 4 N–H and O–H groups in total. The molecule has 2 aromatic heterocycles. The molecule has 0 atom stereocenters. The summed E-state index contributed by atoms with van der Waals surface area (Å²) in [7, 11) is 1.87. The molecule has 1 amide bonds. The fraction of sp³-hybridized carbons (Fsp3) is 0.308. The highest BCUT2D eigenvalue weighted by Gasteiger charge is 2.09. The number of hydrazine groups is 1. The fourth-order valence-electron chi connectivity index (χ4n) is 1.92. The number of carbonyl (C=O) groups is 1. The number of hydrogen-bond acceptors (Lipinski definition) is 5. The van der Waals surface area contributed by atoms with E-state index in [9.17, 15) is 4.79 Å². The van der Waals surface area contributed by atoms with Crippen molar-refractivity contribution in [1.82, 2.24) is 20.1 Å². The summed E-state index contributed by atoms with van der Waals surface area (Å²) in [6.45, 7) is 2.49. The van der Waals surface area contributed by atoms with Crippen LogP contribution in [0.1, 0.15) is 28.5 Å². The van der Waals surface area contributed by atoms with Gasteiger partial charge in [0, 0.05) is 31.5 Å². The van der Waals surface area contributed by atoms with E-state index < -0.39 is 0 Å². The SMILES string of the molecule is CCc1nn(C)cc1CNC(=O)c1ccc(NN)nc1. The second kappa shape index (κ2) is 6.16. The molecular weight excluding hydrogens is 256 g/mol. The van der Waals surface area contributed by atoms with Crippen molar-refractivity contribution >= 4 is 11.7 Å². The van der Waals surface area contributed by atoms with Crippen LogP contribution in [0.2, 0.25) is 0 Å². The summed E-state index contributed by atoms with van der Waals surface area (Å²) in [6, 6.07) is 3.32. The first-order valence-corrected chi connectivity index (χ1v) is 6.36. The highest BCUT2D eigenvalue weighted by Crippen LogP contribution is 2.08. The lowest BCUT2D eigenvalue weighted by Gasteiger charge is -2.05. The maximum Gasteiger partial charge on any atom is 0.253 e. The zero-order valence-corrected chi connectivity index (χ0v) is 11.6. The van der Waals surface area contributed by atoms with E-state index in [1.807, 2.05) is 20.2 Å². The van der Waals surface area contributed by atoms with Crippen molar-refractivity contribution in [2.75, 3.05) is 5.43 Å². The van der Waals surface area contributed by atoms with E-state index in [2.05, 4.69) is 20.8 Å². The third-order valence-electron chi connectivity index (χ3n) is 2.94. The van der Waals surface area contributed by atoms with Crippen LogP contribution in [0.3, 0.4) is 0 Å². The van der Waals surface area contributed by atoms with Gasteiger partial charge in [0.15, 0.2) is 0 Å². The first kappa shape index (κ1) is 14.0. The van der Waals surface area contributed by atoms with Crippen LogP contribution in [0.5, 0.6) is 0 Å². The van der Waals surface area contributed by atoms with Gasteiger partial charge in [0.05, 0.1) is 11.3 Å². The van der Waals surface area contributed by atoms with Gasteiger partial charge in [0.2, 0.25) is 0 Å². The third-order valence-corrected chi connectivity index (χ3v) is 2.94. The Bertz CT molecular complexity index is 589. The molecule has 0 aliphatic carbocycles. The van der Waals surface area contributed by atoms with Crippen LogP contribution in [0.4, 0.5) is 5.82 Å². The molecule has 0 aliphatic heterocycles. The zero-order chi connectivity index (χ0) is 14.5. The van der Waals surface area contributed by atoms with Crippen molar-refractivity contribution in [2.45, 2.75) is 19.9 Å². The first-order valence-electron chi connectivity index (χ1n) is 6.36.